The summed E-state index contributed by atoms with van der Waals surface area (Å²) >= 11 is 0. The summed E-state index contributed by atoms with van der Waals surface area (Å²) in [6, 6.07) is 12.5. The molecule has 1 aliphatic rings. The average Bonchev–Trinajstić information content (AvgIpc) is 2.45. The van der Waals surface area contributed by atoms with Crippen LogP contribution >= 0.6 is 0 Å². The molecule has 0 aliphatic heterocycles. The van der Waals surface area contributed by atoms with E-state index in [1.54, 1.807) is 0 Å². The molecule has 98 valence electrons. The molecule has 0 bridgehead atoms. The van der Waals surface area contributed by atoms with E-state index in [-0.39, 0.29) is 18.9 Å². The second kappa shape index (κ2) is 19.1. The molecule has 2 rings (SSSR count). The minimum atomic E-state index is 0. The Morgan fingerprint density at radius 1 is 0.778 bits per heavy atom. The van der Waals surface area contributed by atoms with E-state index in [0.717, 1.165) is 13.2 Å². The fraction of sp³-hybridized carbons (Fsp3) is 0.625. The van der Waals surface area contributed by atoms with Gasteiger partial charge in [-0.25, -0.2) is 0 Å². The molecule has 0 atom stereocenters. The Balaban J connectivity index is 0. The van der Waals surface area contributed by atoms with Gasteiger partial charge >= 0.3 is 18.9 Å². The van der Waals surface area contributed by atoms with E-state index >= 15 is 0 Å². The third-order valence-electron chi connectivity index (χ3n) is 2.52. The third-order valence-corrected chi connectivity index (χ3v) is 2.52. The first-order valence-corrected chi connectivity index (χ1v) is 6.90. The Labute approximate surface area is 125 Å². The molecule has 0 amide bonds. The maximum absolute atomic E-state index is 4.83. The van der Waals surface area contributed by atoms with Crippen LogP contribution in [0.25, 0.3) is 0 Å². The molecule has 0 spiro atoms. The van der Waals surface area contributed by atoms with Crippen molar-refractivity contribution >= 4 is 0 Å². The molecule has 2 heteroatoms. The third kappa shape index (κ3) is 18.2. The normalized spacial score (nSPS) is 13.0. The monoisotopic (exact) mass is 242 g/mol. The molecule has 1 nitrogen and oxygen atoms in total. The minimum absolute atomic E-state index is 0. The van der Waals surface area contributed by atoms with Crippen LogP contribution in [-0.4, -0.2) is 13.2 Å². The maximum Gasteiger partial charge on any atom is 1.00 e. The van der Waals surface area contributed by atoms with Crippen molar-refractivity contribution in [2.24, 2.45) is 0 Å². The maximum atomic E-state index is 4.83. The second-order valence-corrected chi connectivity index (χ2v) is 3.98. The molecule has 1 aromatic rings. The Morgan fingerprint density at radius 3 is 1.28 bits per heavy atom. The topological polar surface area (TPSA) is 9.23 Å². The molecular formula is C16H27LiO. The molecule has 1 saturated carbocycles. The van der Waals surface area contributed by atoms with E-state index in [2.05, 4.69) is 6.07 Å². The number of hydrogen-bond donors (Lipinski definition) is 0. The van der Waals surface area contributed by atoms with Crippen molar-refractivity contribution in [2.75, 3.05) is 13.2 Å². The zero-order valence-electron chi connectivity index (χ0n) is 12.5. The van der Waals surface area contributed by atoms with Crippen LogP contribution in [-0.2, 0) is 4.74 Å². The van der Waals surface area contributed by atoms with Crippen molar-refractivity contribution in [2.45, 2.75) is 52.4 Å². The molecule has 0 aromatic heterocycles. The Hall–Kier alpha value is -0.223. The summed E-state index contributed by atoms with van der Waals surface area (Å²) in [5, 5.41) is 0. The molecule has 0 radical (unpaired) electrons. The predicted molar refractivity (Wildman–Crippen MR) is 75.1 cm³/mol. The molecular weight excluding hydrogens is 215 g/mol. The van der Waals surface area contributed by atoms with Gasteiger partial charge in [0.05, 0.1) is 0 Å². The summed E-state index contributed by atoms with van der Waals surface area (Å²) in [4.78, 5) is 0. The van der Waals surface area contributed by atoms with Crippen LogP contribution in [0.1, 0.15) is 52.4 Å². The van der Waals surface area contributed by atoms with Crippen molar-refractivity contribution in [1.29, 1.82) is 0 Å². The van der Waals surface area contributed by atoms with Crippen molar-refractivity contribution in [1.82, 2.24) is 0 Å². The Bertz CT molecular complexity index is 169. The first kappa shape index (κ1) is 20.1. The van der Waals surface area contributed by atoms with E-state index in [1.807, 2.05) is 44.2 Å². The van der Waals surface area contributed by atoms with Crippen LogP contribution in [0.3, 0.4) is 0 Å². The Kier molecular flexibility index (Phi) is 21.4. The molecule has 0 heterocycles. The van der Waals surface area contributed by atoms with Crippen molar-refractivity contribution in [3.8, 4) is 0 Å². The van der Waals surface area contributed by atoms with E-state index in [9.17, 15) is 0 Å². The Morgan fingerprint density at radius 2 is 1.17 bits per heavy atom. The van der Waals surface area contributed by atoms with Crippen LogP contribution in [0.4, 0.5) is 0 Å². The van der Waals surface area contributed by atoms with Gasteiger partial charge in [0.2, 0.25) is 0 Å². The van der Waals surface area contributed by atoms with Crippen LogP contribution in [0.5, 0.6) is 0 Å². The van der Waals surface area contributed by atoms with Gasteiger partial charge in [0.1, 0.15) is 0 Å². The first-order chi connectivity index (χ1) is 8.41. The summed E-state index contributed by atoms with van der Waals surface area (Å²) in [6.07, 6.45) is 9.00. The summed E-state index contributed by atoms with van der Waals surface area (Å²) < 4.78 is 4.83. The molecule has 1 aromatic carbocycles. The van der Waals surface area contributed by atoms with Gasteiger partial charge in [0.15, 0.2) is 0 Å². The zero-order chi connectivity index (χ0) is 12.6. The van der Waals surface area contributed by atoms with Gasteiger partial charge in [-0.2, -0.15) is 36.4 Å². The second-order valence-electron chi connectivity index (χ2n) is 3.98. The van der Waals surface area contributed by atoms with E-state index in [1.165, 1.54) is 38.5 Å². The van der Waals surface area contributed by atoms with Gasteiger partial charge in [-0.15, -0.1) is 0 Å². The van der Waals surface area contributed by atoms with Crippen LogP contribution in [0.15, 0.2) is 30.3 Å². The fourth-order valence-corrected chi connectivity index (χ4v) is 1.61. The number of ether oxygens (including phenoxy) is 1. The van der Waals surface area contributed by atoms with Gasteiger partial charge in [-0.3, -0.25) is 0 Å². The van der Waals surface area contributed by atoms with Crippen LogP contribution in [0.2, 0.25) is 0 Å². The van der Waals surface area contributed by atoms with Crippen molar-refractivity contribution in [3.05, 3.63) is 36.4 Å². The van der Waals surface area contributed by atoms with Gasteiger partial charge in [-0.05, 0) is 13.8 Å². The van der Waals surface area contributed by atoms with Crippen LogP contribution in [0, 0.1) is 6.07 Å². The standard InChI is InChI=1S/C6H12.C6H5.C4H10O.Li/c2*1-2-4-6-5-3-1;1-3-5-4-2;/h1-6H2;1-5H;3-4H2,1-2H3;/q;-1;;+1. The number of benzene rings is 1. The van der Waals surface area contributed by atoms with Crippen molar-refractivity contribution < 1.29 is 23.6 Å². The smallest absolute Gasteiger partial charge is 0.382 e. The average molecular weight is 242 g/mol. The van der Waals surface area contributed by atoms with Gasteiger partial charge in [-0.1, -0.05) is 38.5 Å². The summed E-state index contributed by atoms with van der Waals surface area (Å²) in [7, 11) is 0. The van der Waals surface area contributed by atoms with E-state index in [4.69, 9.17) is 4.74 Å². The van der Waals surface area contributed by atoms with Crippen LogP contribution < -0.4 is 18.9 Å². The molecule has 1 aliphatic carbocycles. The molecule has 0 N–H and O–H groups in total. The number of rotatable bonds is 2. The first-order valence-electron chi connectivity index (χ1n) is 6.90. The predicted octanol–water partition coefficient (Wildman–Crippen LogP) is 1.87. The molecule has 1 fully saturated rings. The minimum Gasteiger partial charge on any atom is -0.382 e. The summed E-state index contributed by atoms with van der Waals surface area (Å²) in [5.41, 5.74) is 0. The van der Waals surface area contributed by atoms with Gasteiger partial charge in [0.25, 0.3) is 0 Å². The molecule has 0 unspecified atom stereocenters. The molecule has 0 saturated heterocycles. The van der Waals surface area contributed by atoms with Gasteiger partial charge < -0.3 is 4.74 Å². The fourth-order valence-electron chi connectivity index (χ4n) is 1.61. The zero-order valence-corrected chi connectivity index (χ0v) is 12.5. The quantitative estimate of drug-likeness (QED) is 0.568. The SMILES string of the molecule is C1CCCCC1.CCOCC.[Li+].[c-]1ccccc1. The number of hydrogen-bond acceptors (Lipinski definition) is 1. The van der Waals surface area contributed by atoms with E-state index in [0.29, 0.717) is 0 Å². The summed E-state index contributed by atoms with van der Waals surface area (Å²) in [5.74, 6) is 0. The van der Waals surface area contributed by atoms with E-state index < -0.39 is 0 Å². The largest absolute Gasteiger partial charge is 1.00 e. The molecule has 18 heavy (non-hydrogen) atoms. The summed E-state index contributed by atoms with van der Waals surface area (Å²) in [6.45, 7) is 5.67. The van der Waals surface area contributed by atoms with Gasteiger partial charge in [0, 0.05) is 13.2 Å². The van der Waals surface area contributed by atoms with Crippen molar-refractivity contribution in [3.63, 3.8) is 0 Å².